The van der Waals surface area contributed by atoms with Crippen LogP contribution in [0.3, 0.4) is 0 Å². The monoisotopic (exact) mass is 461 g/mol. The highest BCUT2D eigenvalue weighted by Crippen LogP contribution is 2.33. The summed E-state index contributed by atoms with van der Waals surface area (Å²) in [7, 11) is 0. The smallest absolute Gasteiger partial charge is 0.269 e. The summed E-state index contributed by atoms with van der Waals surface area (Å²) in [5.74, 6) is 1.71. The number of anilines is 1. The van der Waals surface area contributed by atoms with Crippen LogP contribution in [0.4, 0.5) is 11.5 Å². The van der Waals surface area contributed by atoms with Crippen LogP contribution < -0.4 is 11.1 Å². The van der Waals surface area contributed by atoms with Crippen LogP contribution in [0.1, 0.15) is 11.8 Å². The minimum Gasteiger partial charge on any atom is -0.387 e. The van der Waals surface area contributed by atoms with Crippen molar-refractivity contribution in [1.29, 1.82) is 0 Å². The van der Waals surface area contributed by atoms with Gasteiger partial charge in [0.25, 0.3) is 5.69 Å². The molecule has 1 saturated heterocycles. The van der Waals surface area contributed by atoms with Crippen LogP contribution in [0.15, 0.2) is 36.9 Å². The van der Waals surface area contributed by atoms with Crippen molar-refractivity contribution in [2.75, 3.05) is 23.4 Å². The van der Waals surface area contributed by atoms with Crippen molar-refractivity contribution in [1.82, 2.24) is 19.5 Å². The van der Waals surface area contributed by atoms with E-state index in [0.717, 1.165) is 11.3 Å². The predicted molar refractivity (Wildman–Crippen MR) is 118 cm³/mol. The summed E-state index contributed by atoms with van der Waals surface area (Å²) in [5.41, 5.74) is 7.27. The molecule has 170 valence electrons. The number of hydrogen-bond donors (Lipinski definition) is 4. The van der Waals surface area contributed by atoms with Gasteiger partial charge in [-0.25, -0.2) is 15.0 Å². The normalized spacial score (nSPS) is 23.0. The molecule has 13 heteroatoms. The number of hydrogen-bond acceptors (Lipinski definition) is 11. The molecular formula is C19H23N7O5S. The molecule has 0 radical (unpaired) electrons. The van der Waals surface area contributed by atoms with Crippen LogP contribution in [0.5, 0.6) is 0 Å². The minimum absolute atomic E-state index is 0.0222. The highest BCUT2D eigenvalue weighted by atomic mass is 32.2. The largest absolute Gasteiger partial charge is 0.387 e. The van der Waals surface area contributed by atoms with Gasteiger partial charge in [0.15, 0.2) is 23.2 Å². The molecule has 0 unspecified atom stereocenters. The number of fused-ring (bicyclic) bond motifs is 1. The summed E-state index contributed by atoms with van der Waals surface area (Å²) < 4.78 is 7.49. The maximum absolute atomic E-state index is 10.8. The summed E-state index contributed by atoms with van der Waals surface area (Å²) in [6.07, 6.45) is -0.689. The Kier molecular flexibility index (Phi) is 6.81. The second kappa shape index (κ2) is 9.75. The van der Waals surface area contributed by atoms with E-state index in [1.807, 2.05) is 0 Å². The van der Waals surface area contributed by atoms with Crippen molar-refractivity contribution in [2.24, 2.45) is 5.73 Å². The van der Waals surface area contributed by atoms with E-state index in [-0.39, 0.29) is 5.69 Å². The molecule has 0 bridgehead atoms. The highest BCUT2D eigenvalue weighted by molar-refractivity contribution is 7.99. The number of nitrogens with one attached hydrogen (secondary N) is 1. The van der Waals surface area contributed by atoms with E-state index in [1.165, 1.54) is 24.8 Å². The lowest BCUT2D eigenvalue weighted by molar-refractivity contribution is -0.384. The van der Waals surface area contributed by atoms with Gasteiger partial charge in [-0.3, -0.25) is 14.7 Å². The fourth-order valence-electron chi connectivity index (χ4n) is 3.47. The molecule has 0 spiro atoms. The van der Waals surface area contributed by atoms with Crippen molar-refractivity contribution < 1.29 is 19.9 Å². The first kappa shape index (κ1) is 22.4. The Morgan fingerprint density at radius 1 is 1.22 bits per heavy atom. The molecule has 2 aromatic heterocycles. The average molecular weight is 462 g/mol. The molecule has 0 amide bonds. The fraction of sp³-hybridized carbons (Fsp3) is 0.421. The van der Waals surface area contributed by atoms with E-state index in [2.05, 4.69) is 20.3 Å². The van der Waals surface area contributed by atoms with E-state index >= 15 is 0 Å². The van der Waals surface area contributed by atoms with E-state index in [1.54, 1.807) is 28.5 Å². The topological polar surface area (TPSA) is 174 Å². The second-order valence-corrected chi connectivity index (χ2v) is 8.38. The molecule has 5 N–H and O–H groups in total. The van der Waals surface area contributed by atoms with Gasteiger partial charge in [-0.15, -0.1) is 0 Å². The van der Waals surface area contributed by atoms with E-state index < -0.39 is 29.5 Å². The van der Waals surface area contributed by atoms with Crippen molar-refractivity contribution in [3.05, 3.63) is 52.6 Å². The van der Waals surface area contributed by atoms with Gasteiger partial charge in [0.1, 0.15) is 18.5 Å². The van der Waals surface area contributed by atoms with Gasteiger partial charge in [0, 0.05) is 36.7 Å². The Morgan fingerprint density at radius 2 is 2.00 bits per heavy atom. The van der Waals surface area contributed by atoms with Gasteiger partial charge in [-0.2, -0.15) is 11.8 Å². The first-order valence-electron chi connectivity index (χ1n) is 9.93. The maximum Gasteiger partial charge on any atom is 0.269 e. The lowest BCUT2D eigenvalue weighted by Gasteiger charge is -2.16. The molecule has 4 rings (SSSR count). The summed E-state index contributed by atoms with van der Waals surface area (Å²) in [5, 5.41) is 34.9. The molecule has 0 saturated carbocycles. The zero-order chi connectivity index (χ0) is 22.7. The number of non-ortho nitro benzene ring substituents is 1. The Morgan fingerprint density at radius 3 is 2.72 bits per heavy atom. The Hall–Kier alpha value is -2.84. The zero-order valence-electron chi connectivity index (χ0n) is 16.9. The van der Waals surface area contributed by atoms with Crippen molar-refractivity contribution in [2.45, 2.75) is 31.1 Å². The Balaban J connectivity index is 1.50. The van der Waals surface area contributed by atoms with Crippen molar-refractivity contribution in [3.63, 3.8) is 0 Å². The zero-order valence-corrected chi connectivity index (χ0v) is 17.8. The molecule has 12 nitrogen and oxygen atoms in total. The lowest BCUT2D eigenvalue weighted by atomic mass is 10.1. The third kappa shape index (κ3) is 4.52. The summed E-state index contributed by atoms with van der Waals surface area (Å²) in [6.45, 7) is 0.900. The number of aromatic nitrogens is 4. The lowest BCUT2D eigenvalue weighted by Crippen LogP contribution is -2.32. The molecule has 3 heterocycles. The summed E-state index contributed by atoms with van der Waals surface area (Å²) in [6, 6.07) is 6.20. The highest BCUT2D eigenvalue weighted by Gasteiger charge is 2.44. The number of benzene rings is 1. The van der Waals surface area contributed by atoms with Crippen LogP contribution in [0.25, 0.3) is 11.2 Å². The van der Waals surface area contributed by atoms with Crippen LogP contribution in [0, 0.1) is 10.1 Å². The van der Waals surface area contributed by atoms with Crippen molar-refractivity contribution in [3.8, 4) is 0 Å². The van der Waals surface area contributed by atoms with E-state index in [4.69, 9.17) is 10.5 Å². The average Bonchev–Trinajstić information content (AvgIpc) is 3.35. The number of rotatable bonds is 9. The third-order valence-electron chi connectivity index (χ3n) is 5.12. The molecule has 0 aliphatic carbocycles. The predicted octanol–water partition coefficient (Wildman–Crippen LogP) is 0.658. The summed E-state index contributed by atoms with van der Waals surface area (Å²) >= 11 is 1.55. The number of aliphatic hydroxyl groups is 2. The first-order valence-corrected chi connectivity index (χ1v) is 11.1. The number of aliphatic hydroxyl groups excluding tert-OH is 2. The summed E-state index contributed by atoms with van der Waals surface area (Å²) in [4.78, 5) is 23.2. The maximum atomic E-state index is 10.8. The number of nitro benzene ring substituents is 1. The molecule has 1 aliphatic rings. The number of thioether (sulfide) groups is 1. The molecule has 1 aliphatic heterocycles. The van der Waals surface area contributed by atoms with Gasteiger partial charge in [-0.05, 0) is 5.56 Å². The van der Waals surface area contributed by atoms with Gasteiger partial charge in [0.2, 0.25) is 0 Å². The molecule has 32 heavy (non-hydrogen) atoms. The third-order valence-corrected chi connectivity index (χ3v) is 6.21. The van der Waals surface area contributed by atoms with Gasteiger partial charge in [0.05, 0.1) is 17.4 Å². The number of nitrogens with two attached hydrogens (primary N) is 1. The molecule has 1 fully saturated rings. The van der Waals surface area contributed by atoms with Gasteiger partial charge >= 0.3 is 0 Å². The van der Waals surface area contributed by atoms with E-state index in [9.17, 15) is 20.3 Å². The van der Waals surface area contributed by atoms with Crippen molar-refractivity contribution >= 4 is 34.4 Å². The van der Waals surface area contributed by atoms with Crippen LogP contribution in [0.2, 0.25) is 0 Å². The van der Waals surface area contributed by atoms with E-state index in [0.29, 0.717) is 35.8 Å². The number of nitro groups is 1. The number of ether oxygens (including phenoxy) is 1. The standard InChI is InChI=1S/C19H23N7O5S/c20-5-6-32-8-13-15(27)16(28)19(31-13)25-10-24-14-17(22-9-23-18(14)25)21-7-11-1-3-12(4-2-11)26(29)30/h1-4,9-10,13,15-16,19,27-28H,5-8,20H2,(H,21,22,23)/t13-,15+,16+,19-/m0/s1. The SMILES string of the molecule is NCCSC[C@@H]1O[C@H](n2cnc3c(NCc4ccc([N+](=O)[O-])cc4)ncnc32)[C@H](O)[C@@H]1O. The molecule has 3 aromatic rings. The Bertz CT molecular complexity index is 1080. The number of nitrogens with zero attached hydrogens (tertiary/aromatic N) is 5. The minimum atomic E-state index is -1.14. The fourth-order valence-corrected chi connectivity index (χ4v) is 4.31. The Labute approximate surface area is 187 Å². The quantitative estimate of drug-likeness (QED) is 0.200. The van der Waals surface area contributed by atoms with Crippen LogP contribution in [-0.4, -0.2) is 71.0 Å². The molecule has 4 atom stereocenters. The molecule has 1 aromatic carbocycles. The number of imidazole rings is 1. The van der Waals surface area contributed by atoms with Gasteiger partial charge < -0.3 is 26.0 Å². The van der Waals surface area contributed by atoms with Gasteiger partial charge in [-0.1, -0.05) is 12.1 Å². The van der Waals surface area contributed by atoms with Crippen LogP contribution >= 0.6 is 11.8 Å². The molecular weight excluding hydrogens is 438 g/mol. The second-order valence-electron chi connectivity index (χ2n) is 7.23. The van der Waals surface area contributed by atoms with Crippen LogP contribution in [-0.2, 0) is 11.3 Å². The first-order chi connectivity index (χ1) is 15.5.